The van der Waals surface area contributed by atoms with E-state index in [0.717, 1.165) is 64.4 Å². The van der Waals surface area contributed by atoms with Crippen LogP contribution in [0.2, 0.25) is 5.15 Å². The van der Waals surface area contributed by atoms with E-state index in [4.69, 9.17) is 16.7 Å². The molecule has 8 heterocycles. The van der Waals surface area contributed by atoms with Crippen LogP contribution in [0.5, 0.6) is 0 Å². The van der Waals surface area contributed by atoms with Crippen LogP contribution >= 0.6 is 34.3 Å². The van der Waals surface area contributed by atoms with Crippen LogP contribution in [0.15, 0.2) is 104 Å². The van der Waals surface area contributed by atoms with Crippen LogP contribution in [0.1, 0.15) is 11.1 Å². The van der Waals surface area contributed by atoms with Crippen LogP contribution in [0.3, 0.4) is 0 Å². The van der Waals surface area contributed by atoms with Crippen LogP contribution in [-0.4, -0.2) is 39.2 Å². The zero-order valence-corrected chi connectivity index (χ0v) is 27.0. The minimum atomic E-state index is 0.450. The molecule has 0 radical (unpaired) electrons. The van der Waals surface area contributed by atoms with E-state index in [1.165, 1.54) is 11.1 Å². The summed E-state index contributed by atoms with van der Waals surface area (Å²) < 4.78 is 5.95. The molecular formula is C34H24ClN9S2. The van der Waals surface area contributed by atoms with Crippen LogP contribution in [-0.2, 0) is 0 Å². The van der Waals surface area contributed by atoms with E-state index in [9.17, 15) is 0 Å². The van der Waals surface area contributed by atoms with Gasteiger partial charge in [-0.2, -0.15) is 5.10 Å². The van der Waals surface area contributed by atoms with Crippen molar-refractivity contribution >= 4 is 77.5 Å². The number of hydrogen-bond acceptors (Lipinski definition) is 9. The number of nitrogens with zero attached hydrogens (tertiary/aromatic N) is 8. The van der Waals surface area contributed by atoms with Crippen LogP contribution in [0.4, 0.5) is 11.5 Å². The summed E-state index contributed by atoms with van der Waals surface area (Å²) in [6.45, 7) is 4.22. The van der Waals surface area contributed by atoms with Gasteiger partial charge in [0.2, 0.25) is 0 Å². The summed E-state index contributed by atoms with van der Waals surface area (Å²) in [5.41, 5.74) is 9.04. The number of thiophene rings is 2. The Hall–Kier alpha value is -5.23. The first-order valence-corrected chi connectivity index (χ1v) is 16.4. The minimum absolute atomic E-state index is 0.450. The highest BCUT2D eigenvalue weighted by Gasteiger charge is 2.13. The molecule has 12 heteroatoms. The summed E-state index contributed by atoms with van der Waals surface area (Å²) >= 11 is 9.31. The molecule has 8 aromatic heterocycles. The molecule has 0 aliphatic heterocycles. The lowest BCUT2D eigenvalue weighted by molar-refractivity contribution is 0.945. The molecule has 0 spiro atoms. The number of aromatic nitrogens is 8. The second kappa shape index (κ2) is 11.6. The molecule has 224 valence electrons. The lowest BCUT2D eigenvalue weighted by Gasteiger charge is -2.08. The number of fused-ring (bicyclic) bond motifs is 4. The van der Waals surface area contributed by atoms with Gasteiger partial charge in [0.15, 0.2) is 17.1 Å². The first-order chi connectivity index (χ1) is 22.5. The van der Waals surface area contributed by atoms with E-state index in [0.29, 0.717) is 5.15 Å². The molecule has 9 nitrogen and oxygen atoms in total. The summed E-state index contributed by atoms with van der Waals surface area (Å²) in [6, 6.07) is 26.0. The topological polar surface area (TPSA) is 98.2 Å². The van der Waals surface area contributed by atoms with Crippen LogP contribution in [0, 0.1) is 13.8 Å². The van der Waals surface area contributed by atoms with Gasteiger partial charge in [0, 0.05) is 18.1 Å². The fourth-order valence-corrected chi connectivity index (χ4v) is 7.25. The zero-order valence-electron chi connectivity index (χ0n) is 24.6. The van der Waals surface area contributed by atoms with Crippen molar-refractivity contribution in [2.24, 2.45) is 0 Å². The summed E-state index contributed by atoms with van der Waals surface area (Å²) in [5.74, 6) is 0.782. The van der Waals surface area contributed by atoms with Gasteiger partial charge in [-0.05, 0) is 97.8 Å². The smallest absolute Gasteiger partial charge is 0.154 e. The molecule has 0 aliphatic rings. The molecule has 0 bridgehead atoms. The zero-order chi connectivity index (χ0) is 31.2. The Morgan fingerprint density at radius 3 is 1.85 bits per heavy atom. The van der Waals surface area contributed by atoms with Crippen molar-refractivity contribution < 1.29 is 0 Å². The van der Waals surface area contributed by atoms with Gasteiger partial charge in [-0.3, -0.25) is 9.97 Å². The minimum Gasteiger partial charge on any atom is -0.339 e. The third kappa shape index (κ3) is 5.34. The third-order valence-electron chi connectivity index (χ3n) is 7.55. The normalized spacial score (nSPS) is 11.4. The molecule has 0 amide bonds. The summed E-state index contributed by atoms with van der Waals surface area (Å²) in [7, 11) is 0. The van der Waals surface area contributed by atoms with Gasteiger partial charge < -0.3 is 5.32 Å². The second-order valence-electron chi connectivity index (χ2n) is 10.6. The van der Waals surface area contributed by atoms with Gasteiger partial charge in [0.05, 0.1) is 42.6 Å². The monoisotopic (exact) mass is 657 g/mol. The quantitative estimate of drug-likeness (QED) is 0.202. The second-order valence-corrected chi connectivity index (χ2v) is 13.2. The van der Waals surface area contributed by atoms with Crippen molar-refractivity contribution in [1.29, 1.82) is 0 Å². The first kappa shape index (κ1) is 28.3. The molecule has 0 saturated heterocycles. The predicted molar refractivity (Wildman–Crippen MR) is 187 cm³/mol. The van der Waals surface area contributed by atoms with Crippen LogP contribution in [0.25, 0.3) is 52.9 Å². The van der Waals surface area contributed by atoms with E-state index in [-0.39, 0.29) is 0 Å². The first-order valence-electron chi connectivity index (χ1n) is 14.4. The average molecular weight is 658 g/mol. The van der Waals surface area contributed by atoms with E-state index in [1.54, 1.807) is 39.5 Å². The summed E-state index contributed by atoms with van der Waals surface area (Å²) in [5, 5.41) is 12.9. The molecule has 9 aromatic rings. The van der Waals surface area contributed by atoms with Crippen molar-refractivity contribution in [2.75, 3.05) is 5.32 Å². The average Bonchev–Trinajstić information content (AvgIpc) is 3.86. The van der Waals surface area contributed by atoms with E-state index >= 15 is 0 Å². The Morgan fingerprint density at radius 2 is 1.24 bits per heavy atom. The summed E-state index contributed by atoms with van der Waals surface area (Å²) in [6.07, 6.45) is 7.29. The maximum Gasteiger partial charge on any atom is 0.154 e. The molecule has 0 aliphatic carbocycles. The number of benzene rings is 1. The van der Waals surface area contributed by atoms with Crippen molar-refractivity contribution in [1.82, 2.24) is 39.2 Å². The predicted octanol–water partition coefficient (Wildman–Crippen LogP) is 9.03. The number of imidazole rings is 2. The standard InChI is InChI=1S/C21H17N5S.C13H7ClN4S/c1-13-5-6-15(10-14(13)2)24-20-7-8-21-23-12-17(26(21)25-20)19-11-16-18(27-19)4-3-9-22-16;14-12-3-4-13-16-7-9(18(13)17-12)11-6-8-10(19-11)2-1-5-15-8/h3-12H,1-2H3,(H,24,25);1-7H. The number of halogens is 1. The fourth-order valence-electron chi connectivity index (χ4n) is 5.09. The highest BCUT2D eigenvalue weighted by atomic mass is 35.5. The number of anilines is 2. The molecule has 0 atom stereocenters. The number of pyridine rings is 2. The molecule has 0 saturated carbocycles. The lowest BCUT2D eigenvalue weighted by Crippen LogP contribution is -2.00. The molecule has 0 fully saturated rings. The number of nitrogens with one attached hydrogen (secondary N) is 1. The van der Waals surface area contributed by atoms with Crippen molar-refractivity contribution in [3.8, 4) is 21.1 Å². The van der Waals surface area contributed by atoms with Gasteiger partial charge in [0.1, 0.15) is 16.5 Å². The highest BCUT2D eigenvalue weighted by Crippen LogP contribution is 2.34. The lowest BCUT2D eigenvalue weighted by atomic mass is 10.1. The van der Waals surface area contributed by atoms with Gasteiger partial charge >= 0.3 is 0 Å². The third-order valence-corrected chi connectivity index (χ3v) is 9.98. The molecule has 1 N–H and O–H groups in total. The Kier molecular flexibility index (Phi) is 7.13. The largest absolute Gasteiger partial charge is 0.339 e. The Balaban J connectivity index is 0.000000144. The Labute approximate surface area is 275 Å². The molecule has 1 aromatic carbocycles. The number of hydrogen-bond donors (Lipinski definition) is 1. The van der Waals surface area contributed by atoms with E-state index in [1.807, 2.05) is 59.5 Å². The Morgan fingerprint density at radius 1 is 0.630 bits per heavy atom. The van der Waals surface area contributed by atoms with Gasteiger partial charge in [0.25, 0.3) is 0 Å². The number of aryl methyl sites for hydroxylation is 2. The summed E-state index contributed by atoms with van der Waals surface area (Å²) in [4.78, 5) is 19.8. The maximum absolute atomic E-state index is 5.95. The molecular weight excluding hydrogens is 634 g/mol. The fraction of sp³-hybridized carbons (Fsp3) is 0.0588. The van der Waals surface area contributed by atoms with Crippen molar-refractivity contribution in [2.45, 2.75) is 13.8 Å². The molecule has 46 heavy (non-hydrogen) atoms. The molecule has 0 unspecified atom stereocenters. The maximum atomic E-state index is 5.95. The number of rotatable bonds is 4. The van der Waals surface area contributed by atoms with Crippen molar-refractivity contribution in [3.05, 3.63) is 120 Å². The van der Waals surface area contributed by atoms with E-state index < -0.39 is 0 Å². The van der Waals surface area contributed by atoms with Gasteiger partial charge in [-0.15, -0.1) is 27.8 Å². The molecule has 9 rings (SSSR count). The Bertz CT molecular complexity index is 2460. The van der Waals surface area contributed by atoms with Crippen molar-refractivity contribution in [3.63, 3.8) is 0 Å². The van der Waals surface area contributed by atoms with Crippen LogP contribution < -0.4 is 5.32 Å². The SMILES string of the molecule is Cc1ccc(Nc2ccc3ncc(-c4cc5ncccc5s4)n3n2)cc1C.Clc1ccc2ncc(-c3cc4ncccc4s3)n2n1. The van der Waals surface area contributed by atoms with Gasteiger partial charge in [-0.1, -0.05) is 17.7 Å². The highest BCUT2D eigenvalue weighted by molar-refractivity contribution is 7.22. The van der Waals surface area contributed by atoms with E-state index in [2.05, 4.69) is 80.6 Å². The van der Waals surface area contributed by atoms with Gasteiger partial charge in [-0.25, -0.2) is 19.0 Å².